The van der Waals surface area contributed by atoms with Crippen molar-refractivity contribution >= 4 is 27.6 Å². The van der Waals surface area contributed by atoms with E-state index in [1.807, 2.05) is 0 Å². The Kier molecular flexibility index (Phi) is 5.37. The van der Waals surface area contributed by atoms with E-state index in [-0.39, 0.29) is 5.33 Å². The molecule has 0 aromatic carbocycles. The second-order valence-electron chi connectivity index (χ2n) is 5.33. The van der Waals surface area contributed by atoms with Crippen molar-refractivity contribution in [2.24, 2.45) is 5.41 Å². The van der Waals surface area contributed by atoms with Gasteiger partial charge >= 0.3 is 18.0 Å². The van der Waals surface area contributed by atoms with E-state index in [4.69, 9.17) is 0 Å². The van der Waals surface area contributed by atoms with Crippen LogP contribution in [-0.2, 0) is 9.59 Å². The van der Waals surface area contributed by atoms with E-state index in [0.29, 0.717) is 0 Å². The highest BCUT2D eigenvalue weighted by atomic mass is 79.9. The van der Waals surface area contributed by atoms with Crippen molar-refractivity contribution in [2.45, 2.75) is 45.3 Å². The molecule has 9 heteroatoms. The minimum absolute atomic E-state index is 0.116. The molecule has 0 spiro atoms. The number of amides is 1. The quantitative estimate of drug-likeness (QED) is 0.599. The van der Waals surface area contributed by atoms with Crippen molar-refractivity contribution in [1.82, 2.24) is 5.32 Å². The van der Waals surface area contributed by atoms with Crippen LogP contribution in [0.25, 0.3) is 0 Å². The van der Waals surface area contributed by atoms with Gasteiger partial charge in [-0.2, -0.15) is 22.0 Å². The van der Waals surface area contributed by atoms with Gasteiger partial charge in [-0.1, -0.05) is 29.8 Å². The highest BCUT2D eigenvalue weighted by Gasteiger charge is 2.64. The van der Waals surface area contributed by atoms with E-state index >= 15 is 0 Å². The second-order valence-corrected chi connectivity index (χ2v) is 5.89. The Balaban J connectivity index is 5.32. The molecule has 0 radical (unpaired) electrons. The average molecular weight is 368 g/mol. The number of hydrogen-bond donors (Lipinski definition) is 1. The number of Topliss-reactive ketones (excluding diaryl/α,β-unsaturated/α-hetero) is 1. The third kappa shape index (κ3) is 3.48. The van der Waals surface area contributed by atoms with Crippen LogP contribution in [0.5, 0.6) is 0 Å². The van der Waals surface area contributed by atoms with Gasteiger partial charge in [-0.05, 0) is 13.8 Å². The summed E-state index contributed by atoms with van der Waals surface area (Å²) in [6.07, 6.45) is -5.99. The van der Waals surface area contributed by atoms with Crippen molar-refractivity contribution in [2.75, 3.05) is 5.33 Å². The molecule has 0 aliphatic carbocycles. The summed E-state index contributed by atoms with van der Waals surface area (Å²) >= 11 is 2.89. The van der Waals surface area contributed by atoms with Crippen LogP contribution in [0, 0.1) is 5.41 Å². The lowest BCUT2D eigenvalue weighted by Crippen LogP contribution is -2.62. The van der Waals surface area contributed by atoms with E-state index in [1.54, 1.807) is 5.32 Å². The lowest BCUT2D eigenvalue weighted by Gasteiger charge is -2.41. The Morgan fingerprint density at radius 2 is 1.40 bits per heavy atom. The summed E-state index contributed by atoms with van der Waals surface area (Å²) in [6, 6.07) is 0. The zero-order valence-corrected chi connectivity index (χ0v) is 12.9. The third-order valence-corrected chi connectivity index (χ3v) is 3.96. The minimum Gasteiger partial charge on any atom is -0.345 e. The first-order valence-electron chi connectivity index (χ1n) is 5.47. The van der Waals surface area contributed by atoms with Crippen LogP contribution in [-0.4, -0.2) is 34.7 Å². The zero-order valence-electron chi connectivity index (χ0n) is 11.3. The fourth-order valence-electron chi connectivity index (χ4n) is 1.16. The summed E-state index contributed by atoms with van der Waals surface area (Å²) in [4.78, 5) is 22.9. The van der Waals surface area contributed by atoms with Crippen LogP contribution in [0.3, 0.4) is 0 Å². The second kappa shape index (κ2) is 5.57. The molecule has 0 aliphatic heterocycles. The number of rotatable bonds is 5. The van der Waals surface area contributed by atoms with E-state index in [0.717, 1.165) is 0 Å². The number of ketones is 1. The van der Waals surface area contributed by atoms with Gasteiger partial charge in [-0.3, -0.25) is 9.59 Å². The third-order valence-electron chi connectivity index (χ3n) is 3.45. The van der Waals surface area contributed by atoms with Gasteiger partial charge in [-0.15, -0.1) is 0 Å². The Morgan fingerprint density at radius 3 is 1.70 bits per heavy atom. The number of hydrogen-bond acceptors (Lipinski definition) is 2. The molecule has 3 nitrogen and oxygen atoms in total. The summed E-state index contributed by atoms with van der Waals surface area (Å²) in [5.74, 6) is -8.44. The Morgan fingerprint density at radius 1 is 1.00 bits per heavy atom. The predicted octanol–water partition coefficient (Wildman–Crippen LogP) is 3.07. The molecule has 0 saturated carbocycles. The molecule has 118 valence electrons. The summed E-state index contributed by atoms with van der Waals surface area (Å²) in [6.45, 7) is 5.11. The molecule has 0 aromatic heterocycles. The molecule has 1 amide bonds. The maximum Gasteiger partial charge on any atom is 0.463 e. The fourth-order valence-corrected chi connectivity index (χ4v) is 1.86. The highest BCUT2D eigenvalue weighted by molar-refractivity contribution is 9.09. The number of nitrogens with one attached hydrogen (secondary N) is 1. The summed E-state index contributed by atoms with van der Waals surface area (Å²) in [5.41, 5.74) is -2.93. The smallest absolute Gasteiger partial charge is 0.345 e. The Hall–Kier alpha value is -0.730. The zero-order chi connectivity index (χ0) is 16.6. The van der Waals surface area contributed by atoms with Crippen molar-refractivity contribution < 1.29 is 31.5 Å². The van der Waals surface area contributed by atoms with Crippen LogP contribution >= 0.6 is 15.9 Å². The molecule has 0 aromatic rings. The average Bonchev–Trinajstić information content (AvgIpc) is 2.25. The monoisotopic (exact) mass is 367 g/mol. The van der Waals surface area contributed by atoms with Crippen LogP contribution in [0.1, 0.15) is 27.7 Å². The van der Waals surface area contributed by atoms with Gasteiger partial charge in [0.1, 0.15) is 0 Å². The van der Waals surface area contributed by atoms with Gasteiger partial charge < -0.3 is 5.32 Å². The van der Waals surface area contributed by atoms with Gasteiger partial charge in [0.15, 0.2) is 5.78 Å². The van der Waals surface area contributed by atoms with Crippen molar-refractivity contribution in [3.63, 3.8) is 0 Å². The lowest BCUT2D eigenvalue weighted by atomic mass is 9.71. The number of halogens is 6. The largest absolute Gasteiger partial charge is 0.463 e. The first-order chi connectivity index (χ1) is 8.61. The topological polar surface area (TPSA) is 46.2 Å². The summed E-state index contributed by atoms with van der Waals surface area (Å²) < 4.78 is 62.1. The molecule has 0 aliphatic rings. The Bertz CT molecular complexity index is 404. The molecule has 20 heavy (non-hydrogen) atoms. The molecule has 1 N–H and O–H groups in total. The van der Waals surface area contributed by atoms with Crippen molar-refractivity contribution in [3.05, 3.63) is 0 Å². The number of carbonyl (C=O) groups is 2. The molecular weight excluding hydrogens is 353 g/mol. The van der Waals surface area contributed by atoms with Crippen LogP contribution in [0.4, 0.5) is 22.0 Å². The highest BCUT2D eigenvalue weighted by Crippen LogP contribution is 2.38. The van der Waals surface area contributed by atoms with E-state index in [9.17, 15) is 31.5 Å². The maximum atomic E-state index is 12.9. The number of alkyl halides is 6. The number of carbonyl (C=O) groups excluding carboxylic acids is 2. The summed E-state index contributed by atoms with van der Waals surface area (Å²) in [7, 11) is 0. The van der Waals surface area contributed by atoms with E-state index < -0.39 is 34.7 Å². The molecule has 0 bridgehead atoms. The molecule has 0 fully saturated rings. The van der Waals surface area contributed by atoms with E-state index in [1.165, 1.54) is 27.7 Å². The standard InChI is InChI=1S/C11H15BrF5NO2/c1-8(2,6(19)5-12)9(3,4)18-7(20)10(13,14)11(15,16)17/h5H2,1-4H3,(H,18,20). The van der Waals surface area contributed by atoms with Gasteiger partial charge in [0, 0.05) is 11.0 Å². The fraction of sp³-hybridized carbons (Fsp3) is 0.818. The van der Waals surface area contributed by atoms with Gasteiger partial charge in [0.05, 0.1) is 5.33 Å². The molecule has 0 rings (SSSR count). The van der Waals surface area contributed by atoms with Gasteiger partial charge in [-0.25, -0.2) is 0 Å². The van der Waals surface area contributed by atoms with Crippen molar-refractivity contribution in [3.8, 4) is 0 Å². The van der Waals surface area contributed by atoms with Crippen LogP contribution in [0.15, 0.2) is 0 Å². The normalized spacial score (nSPS) is 14.1. The van der Waals surface area contributed by atoms with E-state index in [2.05, 4.69) is 15.9 Å². The first-order valence-corrected chi connectivity index (χ1v) is 6.60. The van der Waals surface area contributed by atoms with Crippen LogP contribution in [0.2, 0.25) is 0 Å². The van der Waals surface area contributed by atoms with Crippen LogP contribution < -0.4 is 5.32 Å². The first kappa shape index (κ1) is 19.3. The molecule has 0 heterocycles. The SMILES string of the molecule is CC(C)(NC(=O)C(F)(F)C(F)(F)F)C(C)(C)C(=O)CBr. The predicted molar refractivity (Wildman–Crippen MR) is 65.8 cm³/mol. The molecule has 0 atom stereocenters. The maximum absolute atomic E-state index is 12.9. The van der Waals surface area contributed by atoms with Crippen molar-refractivity contribution in [1.29, 1.82) is 0 Å². The van der Waals surface area contributed by atoms with Gasteiger partial charge in [0.25, 0.3) is 0 Å². The molecular formula is C11H15BrF5NO2. The minimum atomic E-state index is -5.99. The lowest BCUT2D eigenvalue weighted by molar-refractivity contribution is -0.270. The Labute approximate surface area is 121 Å². The molecule has 0 unspecified atom stereocenters. The van der Waals surface area contributed by atoms with Gasteiger partial charge in [0.2, 0.25) is 0 Å². The summed E-state index contributed by atoms with van der Waals surface area (Å²) in [5, 5.41) is 1.49. The molecule has 0 saturated heterocycles.